The van der Waals surface area contributed by atoms with E-state index in [0.717, 1.165) is 44.1 Å². The Labute approximate surface area is 231 Å². The summed E-state index contributed by atoms with van der Waals surface area (Å²) >= 11 is 6.17. The highest BCUT2D eigenvalue weighted by molar-refractivity contribution is 6.34. The predicted octanol–water partition coefficient (Wildman–Crippen LogP) is 5.69. The first kappa shape index (κ1) is 27.4. The molecule has 1 saturated carbocycles. The number of hydrogen-bond donors (Lipinski definition) is 1. The van der Waals surface area contributed by atoms with Gasteiger partial charge < -0.3 is 19.9 Å². The van der Waals surface area contributed by atoms with E-state index in [2.05, 4.69) is 10.1 Å². The molecule has 0 radical (unpaired) electrons. The molecule has 208 valence electrons. The number of anilines is 1. The van der Waals surface area contributed by atoms with Crippen LogP contribution in [0.25, 0.3) is 0 Å². The molecule has 5 rings (SSSR count). The fraction of sp³-hybridized carbons (Fsp3) is 0.483. The van der Waals surface area contributed by atoms with Gasteiger partial charge in [0.25, 0.3) is 5.91 Å². The van der Waals surface area contributed by atoms with Crippen molar-refractivity contribution >= 4 is 35.0 Å². The summed E-state index contributed by atoms with van der Waals surface area (Å²) in [6.45, 7) is -1.37. The number of amides is 3. The Bertz CT molecular complexity index is 1210. The van der Waals surface area contributed by atoms with E-state index in [1.807, 2.05) is 29.2 Å². The van der Waals surface area contributed by atoms with Gasteiger partial charge in [0.1, 0.15) is 5.75 Å². The van der Waals surface area contributed by atoms with Crippen molar-refractivity contribution in [2.75, 3.05) is 25.0 Å². The molecule has 3 fully saturated rings. The highest BCUT2D eigenvalue weighted by atomic mass is 35.5. The molecule has 0 aromatic heterocycles. The molecule has 3 amide bonds. The van der Waals surface area contributed by atoms with E-state index >= 15 is 0 Å². The summed E-state index contributed by atoms with van der Waals surface area (Å²) in [6.07, 6.45) is 6.18. The number of alkyl halides is 2. The molecule has 2 aromatic carbocycles. The van der Waals surface area contributed by atoms with Gasteiger partial charge in [-0.2, -0.15) is 8.78 Å². The number of rotatable bonds is 7. The van der Waals surface area contributed by atoms with Crippen LogP contribution >= 0.6 is 11.6 Å². The van der Waals surface area contributed by atoms with Crippen LogP contribution in [0.1, 0.15) is 66.8 Å². The number of likely N-dealkylation sites (tertiary alicyclic amines) is 2. The first-order chi connectivity index (χ1) is 18.8. The first-order valence-electron chi connectivity index (χ1n) is 13.5. The molecule has 0 bridgehead atoms. The normalized spacial score (nSPS) is 20.6. The standard InChI is InChI=1S/C29H32ClF2N3O4/c30-25-16-23(39-29(31)32)9-10-24(25)28(38)34-13-11-19(12-14-34)18-5-7-21(8-6-18)33-27(37)20-15-26(36)35(17-20)22-3-1-2-4-22/h5-10,16,19-20,22,29H,1-4,11-15,17H2,(H,33,37). The fourth-order valence-electron chi connectivity index (χ4n) is 5.99. The molecular weight excluding hydrogens is 528 g/mol. The van der Waals surface area contributed by atoms with E-state index in [1.54, 1.807) is 4.90 Å². The van der Waals surface area contributed by atoms with E-state index < -0.39 is 6.61 Å². The van der Waals surface area contributed by atoms with E-state index in [1.165, 1.54) is 18.2 Å². The lowest BCUT2D eigenvalue weighted by atomic mass is 9.89. The zero-order valence-corrected chi connectivity index (χ0v) is 22.3. The zero-order chi connectivity index (χ0) is 27.5. The average molecular weight is 560 g/mol. The Morgan fingerprint density at radius 2 is 1.69 bits per heavy atom. The van der Waals surface area contributed by atoms with Gasteiger partial charge in [-0.25, -0.2) is 0 Å². The van der Waals surface area contributed by atoms with Gasteiger partial charge >= 0.3 is 6.61 Å². The molecule has 2 heterocycles. The molecule has 3 aliphatic rings. The summed E-state index contributed by atoms with van der Waals surface area (Å²) in [5.74, 6) is -0.410. The van der Waals surface area contributed by atoms with Gasteiger partial charge in [0.05, 0.1) is 16.5 Å². The summed E-state index contributed by atoms with van der Waals surface area (Å²) in [7, 11) is 0. The van der Waals surface area contributed by atoms with Crippen molar-refractivity contribution in [2.45, 2.75) is 63.5 Å². The lowest BCUT2D eigenvalue weighted by Gasteiger charge is -2.32. The topological polar surface area (TPSA) is 79.0 Å². The summed E-state index contributed by atoms with van der Waals surface area (Å²) in [5, 5.41) is 3.05. The number of carbonyl (C=O) groups excluding carboxylic acids is 3. The van der Waals surface area contributed by atoms with Gasteiger partial charge in [-0.05, 0) is 67.5 Å². The van der Waals surface area contributed by atoms with Gasteiger partial charge in [-0.3, -0.25) is 14.4 Å². The second-order valence-corrected chi connectivity index (χ2v) is 11.0. The number of carbonyl (C=O) groups is 3. The average Bonchev–Trinajstić information content (AvgIpc) is 3.58. The van der Waals surface area contributed by atoms with Crippen LogP contribution in [0.15, 0.2) is 42.5 Å². The first-order valence-corrected chi connectivity index (χ1v) is 13.9. The van der Waals surface area contributed by atoms with E-state index in [0.29, 0.717) is 31.4 Å². The van der Waals surface area contributed by atoms with Gasteiger partial charge in [0.15, 0.2) is 0 Å². The highest BCUT2D eigenvalue weighted by Crippen LogP contribution is 2.32. The Morgan fingerprint density at radius 1 is 1.00 bits per heavy atom. The number of benzene rings is 2. The van der Waals surface area contributed by atoms with Gasteiger partial charge in [0.2, 0.25) is 11.8 Å². The number of piperidine rings is 1. The van der Waals surface area contributed by atoms with E-state index in [9.17, 15) is 23.2 Å². The summed E-state index contributed by atoms with van der Waals surface area (Å²) < 4.78 is 29.2. The van der Waals surface area contributed by atoms with Gasteiger partial charge in [0, 0.05) is 37.8 Å². The molecule has 7 nitrogen and oxygen atoms in total. The third-order valence-electron chi connectivity index (χ3n) is 8.12. The van der Waals surface area contributed by atoms with E-state index in [4.69, 9.17) is 11.6 Å². The number of ether oxygens (including phenoxy) is 1. The molecule has 2 aromatic rings. The smallest absolute Gasteiger partial charge is 0.387 e. The van der Waals surface area contributed by atoms with Crippen molar-refractivity contribution in [1.82, 2.24) is 9.80 Å². The van der Waals surface area contributed by atoms with Crippen LogP contribution in [0.3, 0.4) is 0 Å². The highest BCUT2D eigenvalue weighted by Gasteiger charge is 2.38. The lowest BCUT2D eigenvalue weighted by molar-refractivity contribution is -0.129. The number of halogens is 3. The van der Waals surface area contributed by atoms with Crippen LogP contribution in [0.4, 0.5) is 14.5 Å². The maximum atomic E-state index is 13.0. The Balaban J connectivity index is 1.12. The van der Waals surface area contributed by atoms with Crippen molar-refractivity contribution in [3.05, 3.63) is 58.6 Å². The number of nitrogens with zero attached hydrogens (tertiary/aromatic N) is 2. The minimum atomic E-state index is -2.96. The molecule has 39 heavy (non-hydrogen) atoms. The molecule has 2 saturated heterocycles. The fourth-order valence-corrected chi connectivity index (χ4v) is 6.24. The summed E-state index contributed by atoms with van der Waals surface area (Å²) in [6, 6.07) is 12.0. The molecule has 0 spiro atoms. The monoisotopic (exact) mass is 559 g/mol. The minimum Gasteiger partial charge on any atom is -0.435 e. The van der Waals surface area contributed by atoms with Crippen LogP contribution < -0.4 is 10.1 Å². The predicted molar refractivity (Wildman–Crippen MR) is 143 cm³/mol. The maximum absolute atomic E-state index is 13.0. The van der Waals surface area contributed by atoms with Crippen LogP contribution in [0.2, 0.25) is 5.02 Å². The molecule has 1 N–H and O–H groups in total. The van der Waals surface area contributed by atoms with Crippen molar-refractivity contribution in [3.8, 4) is 5.75 Å². The Morgan fingerprint density at radius 3 is 2.33 bits per heavy atom. The van der Waals surface area contributed by atoms with Crippen molar-refractivity contribution in [3.63, 3.8) is 0 Å². The molecule has 1 atom stereocenters. The quantitative estimate of drug-likeness (QED) is 0.473. The number of hydrogen-bond acceptors (Lipinski definition) is 4. The minimum absolute atomic E-state index is 0.0751. The van der Waals surface area contributed by atoms with Gasteiger partial charge in [-0.15, -0.1) is 0 Å². The molecular formula is C29H32ClF2N3O4. The van der Waals surface area contributed by atoms with E-state index in [-0.39, 0.29) is 52.3 Å². The third kappa shape index (κ3) is 6.35. The van der Waals surface area contributed by atoms with Crippen molar-refractivity contribution < 1.29 is 27.9 Å². The van der Waals surface area contributed by atoms with Crippen LogP contribution in [0.5, 0.6) is 5.75 Å². The molecule has 2 aliphatic heterocycles. The lowest BCUT2D eigenvalue weighted by Crippen LogP contribution is -2.38. The summed E-state index contributed by atoms with van der Waals surface area (Å²) in [5.41, 5.74) is 2.10. The second-order valence-electron chi connectivity index (χ2n) is 10.6. The van der Waals surface area contributed by atoms with Crippen molar-refractivity contribution in [2.24, 2.45) is 5.92 Å². The molecule has 10 heteroatoms. The Hall–Kier alpha value is -3.20. The van der Waals surface area contributed by atoms with Gasteiger partial charge in [-0.1, -0.05) is 36.6 Å². The zero-order valence-electron chi connectivity index (χ0n) is 21.6. The Kier molecular flexibility index (Phi) is 8.35. The SMILES string of the molecule is O=C(Nc1ccc(C2CCN(C(=O)c3ccc(OC(F)F)cc3Cl)CC2)cc1)C1CC(=O)N(C2CCCC2)C1. The van der Waals surface area contributed by atoms with Crippen molar-refractivity contribution in [1.29, 1.82) is 0 Å². The largest absolute Gasteiger partial charge is 0.435 e. The van der Waals surface area contributed by atoms with Crippen LogP contribution in [0, 0.1) is 5.92 Å². The maximum Gasteiger partial charge on any atom is 0.387 e. The molecule has 1 aliphatic carbocycles. The number of nitrogens with one attached hydrogen (secondary N) is 1. The molecule has 1 unspecified atom stereocenters. The van der Waals surface area contributed by atoms with Crippen LogP contribution in [-0.2, 0) is 9.59 Å². The third-order valence-corrected chi connectivity index (χ3v) is 8.44. The van der Waals surface area contributed by atoms with Crippen LogP contribution in [-0.4, -0.2) is 59.8 Å². The second kappa shape index (κ2) is 11.9. The summed E-state index contributed by atoms with van der Waals surface area (Å²) in [4.78, 5) is 41.9.